The Bertz CT molecular complexity index is 246. The van der Waals surface area contributed by atoms with Crippen molar-refractivity contribution < 1.29 is 37.5 Å². The van der Waals surface area contributed by atoms with Crippen molar-refractivity contribution in [2.24, 2.45) is 0 Å². The number of hydrogen-bond acceptors (Lipinski definition) is 5. The van der Waals surface area contributed by atoms with Crippen molar-refractivity contribution >= 4 is 43.7 Å². The van der Waals surface area contributed by atoms with E-state index in [1.165, 1.54) is 0 Å². The molecule has 0 atom stereocenters. The van der Waals surface area contributed by atoms with Crippen molar-refractivity contribution in [3.05, 3.63) is 0 Å². The molecule has 0 aliphatic rings. The summed E-state index contributed by atoms with van der Waals surface area (Å²) in [6.07, 6.45) is -2.29. The summed E-state index contributed by atoms with van der Waals surface area (Å²) in [7, 11) is 0. The van der Waals surface area contributed by atoms with Crippen molar-refractivity contribution in [3.8, 4) is 0 Å². The van der Waals surface area contributed by atoms with Crippen LogP contribution in [0.25, 0.3) is 0 Å². The van der Waals surface area contributed by atoms with Crippen molar-refractivity contribution in [1.29, 1.82) is 0 Å². The average molecular weight is 415 g/mol. The van der Waals surface area contributed by atoms with Gasteiger partial charge in [-0.1, -0.05) is 0 Å². The fraction of sp³-hybridized carbons (Fsp3) is 0.500. The molecule has 0 fully saturated rings. The molecule has 4 N–H and O–H groups in total. The van der Waals surface area contributed by atoms with Crippen LogP contribution in [0.1, 0.15) is 12.8 Å². The second kappa shape index (κ2) is 7.39. The zero-order chi connectivity index (χ0) is 12.6. The van der Waals surface area contributed by atoms with Gasteiger partial charge in [-0.2, -0.15) is 0 Å². The van der Waals surface area contributed by atoms with Gasteiger partial charge in [-0.15, -0.1) is 0 Å². The van der Waals surface area contributed by atoms with E-state index in [4.69, 9.17) is 23.1 Å². The van der Waals surface area contributed by atoms with E-state index < -0.39 is 36.4 Å². The third-order valence-electron chi connectivity index (χ3n) is 1.29. The van der Waals surface area contributed by atoms with Gasteiger partial charge in [-0.05, 0) is 0 Å². The molecular weight excluding hydrogens is 407 g/mol. The molecule has 0 aliphatic carbocycles. The first kappa shape index (κ1) is 16.5. The van der Waals surface area contributed by atoms with Crippen LogP contribution < -0.4 is 0 Å². The maximum atomic E-state index is 10.3. The third-order valence-corrected chi connectivity index (χ3v) is 1.29. The van der Waals surface area contributed by atoms with E-state index in [9.17, 15) is 14.4 Å². The molecule has 0 aromatic carbocycles. The number of aliphatic carboxylic acids is 3. The van der Waals surface area contributed by atoms with E-state index in [0.717, 1.165) is 0 Å². The molecule has 0 amide bonds. The SMILES string of the molecule is O=C(O)CC(O)(CC(=O)O)C(=O)O.[O]=[Pb]. The Balaban J connectivity index is 0. The predicted molar refractivity (Wildman–Crippen MR) is 43.5 cm³/mol. The Kier molecular flexibility index (Phi) is 8.14. The molecule has 84 valence electrons. The van der Waals surface area contributed by atoms with Crippen molar-refractivity contribution in [2.45, 2.75) is 18.4 Å². The average Bonchev–Trinajstić information content (AvgIpc) is 2.04. The van der Waals surface area contributed by atoms with Crippen LogP contribution in [0.2, 0.25) is 0 Å². The van der Waals surface area contributed by atoms with Gasteiger partial charge in [0.05, 0.1) is 12.8 Å². The van der Waals surface area contributed by atoms with Crippen LogP contribution >= 0.6 is 0 Å². The Hall–Kier alpha value is -0.908. The van der Waals surface area contributed by atoms with Crippen LogP contribution in [0.3, 0.4) is 0 Å². The zero-order valence-corrected chi connectivity index (χ0v) is 11.2. The molecule has 2 radical (unpaired) electrons. The fourth-order valence-electron chi connectivity index (χ4n) is 0.714. The standard InChI is InChI=1S/C6H8O7.O.Pb/c7-3(8)1-6(13,5(11)12)2-4(9)10;;/h13H,1-2H2,(H,7,8)(H,9,10)(H,11,12);;. The molecule has 0 spiro atoms. The Morgan fingerprint density at radius 3 is 1.33 bits per heavy atom. The number of carboxylic acids is 3. The summed E-state index contributed by atoms with van der Waals surface area (Å²) in [6, 6.07) is 0. The van der Waals surface area contributed by atoms with Crippen LogP contribution in [-0.4, -0.2) is 69.7 Å². The zero-order valence-electron chi connectivity index (χ0n) is 7.34. The Morgan fingerprint density at radius 1 is 0.933 bits per heavy atom. The van der Waals surface area contributed by atoms with E-state index >= 15 is 0 Å². The number of hydrogen-bond donors (Lipinski definition) is 4. The van der Waals surface area contributed by atoms with Crippen molar-refractivity contribution in [2.75, 3.05) is 0 Å². The van der Waals surface area contributed by atoms with Gasteiger partial charge in [0.2, 0.25) is 0 Å². The topological polar surface area (TPSA) is 149 Å². The van der Waals surface area contributed by atoms with Crippen LogP contribution in [0.5, 0.6) is 0 Å². The summed E-state index contributed by atoms with van der Waals surface area (Å²) in [6.45, 7) is 0. The van der Waals surface area contributed by atoms with E-state index in [-0.39, 0.29) is 25.8 Å². The number of rotatable bonds is 5. The summed E-state index contributed by atoms with van der Waals surface area (Å²) in [5.41, 5.74) is -2.74. The molecule has 0 aliphatic heterocycles. The van der Waals surface area contributed by atoms with Crippen LogP contribution in [-0.2, 0) is 17.1 Å². The number of carboxylic acid groups (broad SMARTS) is 3. The third kappa shape index (κ3) is 7.07. The predicted octanol–water partition coefficient (Wildman–Crippen LogP) is -1.75. The van der Waals surface area contributed by atoms with Crippen molar-refractivity contribution in [1.82, 2.24) is 0 Å². The van der Waals surface area contributed by atoms with E-state index in [0.29, 0.717) is 0 Å². The Labute approximate surface area is 99.7 Å². The van der Waals surface area contributed by atoms with Gasteiger partial charge in [-0.25, -0.2) is 4.79 Å². The summed E-state index contributed by atoms with van der Waals surface area (Å²) in [5, 5.41) is 33.8. The second-order valence-electron chi connectivity index (χ2n) is 2.48. The fourth-order valence-corrected chi connectivity index (χ4v) is 0.714. The number of aliphatic hydroxyl groups is 1. The van der Waals surface area contributed by atoms with Gasteiger partial charge < -0.3 is 20.4 Å². The van der Waals surface area contributed by atoms with Crippen LogP contribution in [0.4, 0.5) is 0 Å². The molecule has 0 aromatic rings. The van der Waals surface area contributed by atoms with Gasteiger partial charge in [0, 0.05) is 0 Å². The van der Waals surface area contributed by atoms with Gasteiger partial charge in [0.1, 0.15) is 0 Å². The van der Waals surface area contributed by atoms with Gasteiger partial charge in [0.15, 0.2) is 5.60 Å². The first-order valence-electron chi connectivity index (χ1n) is 3.38. The monoisotopic (exact) mass is 416 g/mol. The van der Waals surface area contributed by atoms with Gasteiger partial charge in [0.25, 0.3) is 0 Å². The molecule has 0 saturated heterocycles. The molecule has 0 aromatic heterocycles. The van der Waals surface area contributed by atoms with Crippen LogP contribution in [0, 0.1) is 0 Å². The van der Waals surface area contributed by atoms with E-state index in [1.807, 2.05) is 0 Å². The molecule has 15 heavy (non-hydrogen) atoms. The van der Waals surface area contributed by atoms with E-state index in [1.54, 1.807) is 0 Å². The second-order valence-corrected chi connectivity index (χ2v) is 2.48. The van der Waals surface area contributed by atoms with Gasteiger partial charge >= 0.3 is 46.4 Å². The first-order valence-corrected chi connectivity index (χ1v) is 4.96. The first-order chi connectivity index (χ1) is 6.78. The summed E-state index contributed by atoms with van der Waals surface area (Å²) in [4.78, 5) is 30.5. The molecule has 0 saturated carbocycles. The summed E-state index contributed by atoms with van der Waals surface area (Å²) in [5.74, 6) is -5.02. The normalized spacial score (nSPS) is 9.67. The minimum absolute atomic E-state index is 0.0556. The van der Waals surface area contributed by atoms with Crippen LogP contribution in [0.15, 0.2) is 0 Å². The quantitative estimate of drug-likeness (QED) is 0.387. The molecule has 0 heterocycles. The van der Waals surface area contributed by atoms with E-state index in [2.05, 4.69) is 0 Å². The summed E-state index contributed by atoms with van der Waals surface area (Å²) >= 11 is 0.0556. The molecule has 0 bridgehead atoms. The molecule has 9 heteroatoms. The van der Waals surface area contributed by atoms with Crippen molar-refractivity contribution in [3.63, 3.8) is 0 Å². The Morgan fingerprint density at radius 2 is 1.20 bits per heavy atom. The molecule has 8 nitrogen and oxygen atoms in total. The maximum absolute atomic E-state index is 10.3. The molecular formula is C6H8O8Pb. The minimum atomic E-state index is -2.74. The molecule has 0 rings (SSSR count). The number of carbonyl (C=O) groups is 3. The molecule has 0 unspecified atom stereocenters. The summed E-state index contributed by atoms with van der Waals surface area (Å²) < 4.78 is 8.39. The van der Waals surface area contributed by atoms with Gasteiger partial charge in [-0.3, -0.25) is 9.59 Å².